The summed E-state index contributed by atoms with van der Waals surface area (Å²) in [6.45, 7) is 10.0. The molecule has 2 rings (SSSR count). The van der Waals surface area contributed by atoms with Crippen molar-refractivity contribution in [3.05, 3.63) is 0 Å². The van der Waals surface area contributed by atoms with Crippen molar-refractivity contribution in [2.45, 2.75) is 32.8 Å². The molecule has 0 N–H and O–H groups in total. The minimum absolute atomic E-state index is 0.185. The molecule has 100 valence electrons. The van der Waals surface area contributed by atoms with E-state index in [0.717, 1.165) is 32.6 Å². The number of carbonyl (C=O) groups excluding carboxylic acids is 1. The molecule has 0 aromatic rings. The maximum absolute atomic E-state index is 12.0. The quantitative estimate of drug-likeness (QED) is 0.662. The SMILES string of the molecule is C#CCN1CC2(CCN(C(=O)OC(C)(C)C)C2)C1. The number of amides is 1. The van der Waals surface area contributed by atoms with Gasteiger partial charge < -0.3 is 9.64 Å². The Bertz CT molecular complexity index is 372. The summed E-state index contributed by atoms with van der Waals surface area (Å²) in [7, 11) is 0. The fourth-order valence-corrected chi connectivity index (χ4v) is 2.82. The van der Waals surface area contributed by atoms with Gasteiger partial charge in [0.2, 0.25) is 0 Å². The van der Waals surface area contributed by atoms with E-state index in [1.54, 1.807) is 0 Å². The van der Waals surface area contributed by atoms with Crippen molar-refractivity contribution in [1.29, 1.82) is 0 Å². The van der Waals surface area contributed by atoms with Gasteiger partial charge in [-0.15, -0.1) is 6.42 Å². The number of nitrogens with zero attached hydrogens (tertiary/aromatic N) is 2. The highest BCUT2D eigenvalue weighted by molar-refractivity contribution is 5.68. The van der Waals surface area contributed by atoms with Crippen LogP contribution in [0.2, 0.25) is 0 Å². The van der Waals surface area contributed by atoms with Crippen molar-refractivity contribution in [1.82, 2.24) is 9.80 Å². The molecule has 2 saturated heterocycles. The minimum Gasteiger partial charge on any atom is -0.444 e. The van der Waals surface area contributed by atoms with Gasteiger partial charge in [0.1, 0.15) is 5.60 Å². The van der Waals surface area contributed by atoms with Crippen LogP contribution in [0, 0.1) is 17.8 Å². The van der Waals surface area contributed by atoms with E-state index in [1.807, 2.05) is 25.7 Å². The molecule has 0 unspecified atom stereocenters. The largest absolute Gasteiger partial charge is 0.444 e. The second-order valence-electron chi connectivity index (χ2n) is 6.50. The summed E-state index contributed by atoms with van der Waals surface area (Å²) < 4.78 is 5.40. The Morgan fingerprint density at radius 3 is 2.61 bits per heavy atom. The molecule has 18 heavy (non-hydrogen) atoms. The van der Waals surface area contributed by atoms with E-state index >= 15 is 0 Å². The lowest BCUT2D eigenvalue weighted by atomic mass is 9.79. The zero-order chi connectivity index (χ0) is 13.4. The molecule has 2 aliphatic rings. The molecule has 2 fully saturated rings. The average Bonchev–Trinajstić information content (AvgIpc) is 2.59. The van der Waals surface area contributed by atoms with E-state index in [2.05, 4.69) is 10.8 Å². The van der Waals surface area contributed by atoms with Crippen molar-refractivity contribution in [2.24, 2.45) is 5.41 Å². The topological polar surface area (TPSA) is 32.8 Å². The molecular formula is C14H22N2O2. The third-order valence-electron chi connectivity index (χ3n) is 3.52. The van der Waals surface area contributed by atoms with Crippen LogP contribution in [0.3, 0.4) is 0 Å². The average molecular weight is 250 g/mol. The Morgan fingerprint density at radius 1 is 1.39 bits per heavy atom. The molecule has 0 saturated carbocycles. The van der Waals surface area contributed by atoms with Gasteiger partial charge in [-0.05, 0) is 27.2 Å². The number of carbonyl (C=O) groups is 1. The first-order valence-corrected chi connectivity index (χ1v) is 6.47. The fourth-order valence-electron chi connectivity index (χ4n) is 2.82. The summed E-state index contributed by atoms with van der Waals surface area (Å²) in [6, 6.07) is 0. The van der Waals surface area contributed by atoms with Crippen molar-refractivity contribution in [3.63, 3.8) is 0 Å². The number of hydrogen-bond acceptors (Lipinski definition) is 3. The van der Waals surface area contributed by atoms with Crippen LogP contribution in [0.4, 0.5) is 4.79 Å². The highest BCUT2D eigenvalue weighted by atomic mass is 16.6. The van der Waals surface area contributed by atoms with Crippen LogP contribution in [-0.2, 0) is 4.74 Å². The Labute approximate surface area is 109 Å². The molecule has 0 atom stereocenters. The molecule has 0 aliphatic carbocycles. The molecule has 4 nitrogen and oxygen atoms in total. The van der Waals surface area contributed by atoms with Crippen LogP contribution in [-0.4, -0.2) is 54.2 Å². The molecule has 1 amide bonds. The fraction of sp³-hybridized carbons (Fsp3) is 0.786. The van der Waals surface area contributed by atoms with Gasteiger partial charge in [0.25, 0.3) is 0 Å². The van der Waals surface area contributed by atoms with Crippen molar-refractivity contribution in [2.75, 3.05) is 32.7 Å². The molecule has 2 aliphatic heterocycles. The second kappa shape index (κ2) is 4.47. The molecule has 0 aromatic heterocycles. The number of hydrogen-bond donors (Lipinski definition) is 0. The molecule has 4 heteroatoms. The zero-order valence-corrected chi connectivity index (χ0v) is 11.5. The van der Waals surface area contributed by atoms with Gasteiger partial charge in [-0.1, -0.05) is 5.92 Å². The van der Waals surface area contributed by atoms with E-state index in [-0.39, 0.29) is 11.5 Å². The van der Waals surface area contributed by atoms with Gasteiger partial charge in [-0.2, -0.15) is 0 Å². The van der Waals surface area contributed by atoms with Crippen molar-refractivity contribution in [3.8, 4) is 12.3 Å². The standard InChI is InChI=1S/C14H22N2O2/c1-5-7-15-9-14(10-15)6-8-16(11-14)12(17)18-13(2,3)4/h1H,6-11H2,2-4H3. The smallest absolute Gasteiger partial charge is 0.410 e. The van der Waals surface area contributed by atoms with Gasteiger partial charge in [0.05, 0.1) is 6.54 Å². The Kier molecular flexibility index (Phi) is 3.29. The highest BCUT2D eigenvalue weighted by Gasteiger charge is 2.48. The maximum Gasteiger partial charge on any atom is 0.410 e. The summed E-state index contributed by atoms with van der Waals surface area (Å²) in [4.78, 5) is 16.0. The first kappa shape index (κ1) is 13.2. The maximum atomic E-state index is 12.0. The molecule has 2 heterocycles. The Morgan fingerprint density at radius 2 is 2.06 bits per heavy atom. The Hall–Kier alpha value is -1.21. The van der Waals surface area contributed by atoms with Gasteiger partial charge >= 0.3 is 6.09 Å². The van der Waals surface area contributed by atoms with Crippen LogP contribution in [0.25, 0.3) is 0 Å². The second-order valence-corrected chi connectivity index (χ2v) is 6.50. The van der Waals surface area contributed by atoms with Crippen LogP contribution in [0.15, 0.2) is 0 Å². The normalized spacial score (nSPS) is 22.7. The summed E-state index contributed by atoms with van der Waals surface area (Å²) in [6.07, 6.45) is 6.17. The lowest BCUT2D eigenvalue weighted by Gasteiger charge is -2.47. The number of terminal acetylenes is 1. The molecule has 0 radical (unpaired) electrons. The van der Waals surface area contributed by atoms with E-state index in [9.17, 15) is 4.79 Å². The predicted molar refractivity (Wildman–Crippen MR) is 70.1 cm³/mol. The summed E-state index contributed by atoms with van der Waals surface area (Å²) >= 11 is 0. The van der Waals surface area contributed by atoms with Crippen LogP contribution >= 0.6 is 0 Å². The summed E-state index contributed by atoms with van der Waals surface area (Å²) in [5.41, 5.74) is -0.143. The van der Waals surface area contributed by atoms with Crippen LogP contribution < -0.4 is 0 Å². The summed E-state index contributed by atoms with van der Waals surface area (Å²) in [5, 5.41) is 0. The van der Waals surface area contributed by atoms with E-state index < -0.39 is 5.60 Å². The first-order chi connectivity index (χ1) is 8.34. The molecular weight excluding hydrogens is 228 g/mol. The monoisotopic (exact) mass is 250 g/mol. The van der Waals surface area contributed by atoms with Crippen molar-refractivity contribution >= 4 is 6.09 Å². The number of likely N-dealkylation sites (tertiary alicyclic amines) is 2. The summed E-state index contributed by atoms with van der Waals surface area (Å²) in [5.74, 6) is 2.66. The lowest BCUT2D eigenvalue weighted by molar-refractivity contribution is 0.00500. The molecule has 1 spiro atoms. The predicted octanol–water partition coefficient (Wildman–Crippen LogP) is 1.56. The van der Waals surface area contributed by atoms with Crippen LogP contribution in [0.1, 0.15) is 27.2 Å². The van der Waals surface area contributed by atoms with Gasteiger partial charge in [0, 0.05) is 31.6 Å². The molecule has 0 bridgehead atoms. The third-order valence-corrected chi connectivity index (χ3v) is 3.52. The number of rotatable bonds is 1. The zero-order valence-electron chi connectivity index (χ0n) is 11.5. The van der Waals surface area contributed by atoms with Crippen molar-refractivity contribution < 1.29 is 9.53 Å². The van der Waals surface area contributed by atoms with Gasteiger partial charge in [0.15, 0.2) is 0 Å². The minimum atomic E-state index is -0.415. The highest BCUT2D eigenvalue weighted by Crippen LogP contribution is 2.39. The van der Waals surface area contributed by atoms with E-state index in [1.165, 1.54) is 0 Å². The lowest BCUT2D eigenvalue weighted by Crippen LogP contribution is -2.57. The van der Waals surface area contributed by atoms with E-state index in [0.29, 0.717) is 6.54 Å². The van der Waals surface area contributed by atoms with E-state index in [4.69, 9.17) is 11.2 Å². The third kappa shape index (κ3) is 2.78. The van der Waals surface area contributed by atoms with Gasteiger partial charge in [-0.3, -0.25) is 4.90 Å². The Balaban J connectivity index is 1.83. The first-order valence-electron chi connectivity index (χ1n) is 6.47. The number of ether oxygens (including phenoxy) is 1. The molecule has 0 aromatic carbocycles. The van der Waals surface area contributed by atoms with Crippen LogP contribution in [0.5, 0.6) is 0 Å². The van der Waals surface area contributed by atoms with Gasteiger partial charge in [-0.25, -0.2) is 4.79 Å².